The highest BCUT2D eigenvalue weighted by atomic mass is 19.4. The third-order valence-electron chi connectivity index (χ3n) is 3.50. The number of benzene rings is 1. The first-order valence-electron chi connectivity index (χ1n) is 6.86. The summed E-state index contributed by atoms with van der Waals surface area (Å²) < 4.78 is 40.2. The maximum absolute atomic E-state index is 12.8. The minimum Gasteiger partial charge on any atom is -0.506 e. The van der Waals surface area contributed by atoms with Gasteiger partial charge in [-0.3, -0.25) is 9.36 Å². The lowest BCUT2D eigenvalue weighted by Crippen LogP contribution is -2.20. The molecule has 0 unspecified atom stereocenters. The van der Waals surface area contributed by atoms with Crippen LogP contribution in [-0.2, 0) is 6.18 Å². The second kappa shape index (κ2) is 5.00. The third-order valence-corrected chi connectivity index (χ3v) is 3.50. The van der Waals surface area contributed by atoms with E-state index in [1.165, 1.54) is 24.4 Å². The van der Waals surface area contributed by atoms with Gasteiger partial charge in [-0.05, 0) is 18.2 Å². The van der Waals surface area contributed by atoms with E-state index in [1.807, 2.05) is 0 Å². The van der Waals surface area contributed by atoms with Crippen molar-refractivity contribution in [3.05, 3.63) is 52.7 Å². The molecule has 4 rings (SSSR count). The van der Waals surface area contributed by atoms with Crippen LogP contribution >= 0.6 is 0 Å². The number of hydrogen-bond donors (Lipinski definition) is 1. The van der Waals surface area contributed by atoms with Crippen LogP contribution in [0.4, 0.5) is 13.2 Å². The average molecular weight is 348 g/mol. The second-order valence-corrected chi connectivity index (χ2v) is 5.06. The quantitative estimate of drug-likeness (QED) is 0.560. The van der Waals surface area contributed by atoms with E-state index in [1.54, 1.807) is 12.1 Å². The summed E-state index contributed by atoms with van der Waals surface area (Å²) in [6, 6.07) is 7.45. The number of rotatable bonds is 1. The first-order chi connectivity index (χ1) is 11.9. The number of phenolic OH excluding ortho intramolecular Hbond substituents is 1. The first-order valence-corrected chi connectivity index (χ1v) is 6.86. The minimum atomic E-state index is -4.75. The van der Waals surface area contributed by atoms with Gasteiger partial charge in [-0.25, -0.2) is 0 Å². The normalized spacial score (nSPS) is 12.1. The molecule has 0 atom stereocenters. The Bertz CT molecular complexity index is 1180. The summed E-state index contributed by atoms with van der Waals surface area (Å²) in [6.07, 6.45) is -3.44. The molecule has 0 aliphatic carbocycles. The second-order valence-electron chi connectivity index (χ2n) is 5.06. The standard InChI is InChI=1S/C14H7F3N6O2/c15-14(16,17)12-18-13-20-19-10-8(23(13)21-12)5-6-22(11(10)25)7-3-1-2-4-9(7)24/h1-6,24H. The van der Waals surface area contributed by atoms with Gasteiger partial charge in [0.2, 0.25) is 0 Å². The number of pyridine rings is 1. The van der Waals surface area contributed by atoms with E-state index in [4.69, 9.17) is 0 Å². The van der Waals surface area contributed by atoms with Crippen LogP contribution in [0.3, 0.4) is 0 Å². The van der Waals surface area contributed by atoms with Gasteiger partial charge < -0.3 is 5.11 Å². The molecule has 0 saturated carbocycles. The van der Waals surface area contributed by atoms with Gasteiger partial charge in [0.15, 0.2) is 5.52 Å². The summed E-state index contributed by atoms with van der Waals surface area (Å²) in [6.45, 7) is 0. The Balaban J connectivity index is 2.01. The zero-order valence-electron chi connectivity index (χ0n) is 12.1. The van der Waals surface area contributed by atoms with Gasteiger partial charge in [-0.2, -0.15) is 22.7 Å². The highest BCUT2D eigenvalue weighted by molar-refractivity contribution is 5.75. The SMILES string of the molecule is O=c1c2nnc3nc(C(F)(F)F)nn3c2ccn1-c1ccccc1O. The van der Waals surface area contributed by atoms with Gasteiger partial charge in [-0.15, -0.1) is 15.3 Å². The Labute approximate surface area is 135 Å². The van der Waals surface area contributed by atoms with Crippen LogP contribution in [0.1, 0.15) is 5.82 Å². The van der Waals surface area contributed by atoms with E-state index in [9.17, 15) is 23.1 Å². The van der Waals surface area contributed by atoms with Gasteiger partial charge in [0.25, 0.3) is 17.2 Å². The summed E-state index contributed by atoms with van der Waals surface area (Å²) in [5.74, 6) is -1.89. The van der Waals surface area contributed by atoms with Crippen molar-refractivity contribution in [1.82, 2.24) is 29.4 Å². The fourth-order valence-corrected chi connectivity index (χ4v) is 2.38. The third kappa shape index (κ3) is 2.28. The van der Waals surface area contributed by atoms with Crippen LogP contribution in [0, 0.1) is 0 Å². The van der Waals surface area contributed by atoms with Crippen molar-refractivity contribution < 1.29 is 18.3 Å². The van der Waals surface area contributed by atoms with Crippen molar-refractivity contribution in [2.24, 2.45) is 0 Å². The molecule has 11 heteroatoms. The van der Waals surface area contributed by atoms with Gasteiger partial charge in [-0.1, -0.05) is 12.1 Å². The fraction of sp³-hybridized carbons (Fsp3) is 0.0714. The maximum Gasteiger partial charge on any atom is 0.453 e. The molecule has 0 amide bonds. The Hall–Kier alpha value is -3.50. The number of alkyl halides is 3. The first kappa shape index (κ1) is 15.1. The van der Waals surface area contributed by atoms with E-state index < -0.39 is 17.6 Å². The molecule has 1 aromatic carbocycles. The van der Waals surface area contributed by atoms with Crippen LogP contribution < -0.4 is 5.56 Å². The van der Waals surface area contributed by atoms with E-state index in [-0.39, 0.29) is 28.2 Å². The van der Waals surface area contributed by atoms with Crippen LogP contribution in [-0.4, -0.2) is 34.5 Å². The van der Waals surface area contributed by atoms with Crippen LogP contribution in [0.25, 0.3) is 22.5 Å². The van der Waals surface area contributed by atoms with Crippen LogP contribution in [0.2, 0.25) is 0 Å². The molecular formula is C14H7F3N6O2. The van der Waals surface area contributed by atoms with Crippen molar-refractivity contribution in [3.63, 3.8) is 0 Å². The van der Waals surface area contributed by atoms with Gasteiger partial charge in [0, 0.05) is 6.20 Å². The van der Waals surface area contributed by atoms with Crippen molar-refractivity contribution >= 4 is 16.8 Å². The predicted molar refractivity (Wildman–Crippen MR) is 78.3 cm³/mol. The smallest absolute Gasteiger partial charge is 0.453 e. The van der Waals surface area contributed by atoms with Gasteiger partial charge in [0.1, 0.15) is 11.3 Å². The topological polar surface area (TPSA) is 98.2 Å². The van der Waals surface area contributed by atoms with Gasteiger partial charge in [0.05, 0.1) is 5.69 Å². The Morgan fingerprint density at radius 3 is 2.56 bits per heavy atom. The van der Waals surface area contributed by atoms with Crippen molar-refractivity contribution in [2.75, 3.05) is 0 Å². The Morgan fingerprint density at radius 1 is 1.08 bits per heavy atom. The van der Waals surface area contributed by atoms with Crippen molar-refractivity contribution in [1.29, 1.82) is 0 Å². The van der Waals surface area contributed by atoms with Crippen LogP contribution in [0.15, 0.2) is 41.3 Å². The molecule has 3 heterocycles. The number of aromatic nitrogens is 6. The van der Waals surface area contributed by atoms with E-state index >= 15 is 0 Å². The number of aromatic hydroxyl groups is 1. The largest absolute Gasteiger partial charge is 0.506 e. The number of halogens is 3. The molecule has 1 N–H and O–H groups in total. The molecule has 4 aromatic rings. The summed E-state index contributed by atoms with van der Waals surface area (Å²) in [5, 5.41) is 20.4. The number of para-hydroxylation sites is 2. The molecule has 0 radical (unpaired) electrons. The lowest BCUT2D eigenvalue weighted by molar-refractivity contribution is -0.144. The summed E-state index contributed by atoms with van der Waals surface area (Å²) in [7, 11) is 0. The van der Waals surface area contributed by atoms with Gasteiger partial charge >= 0.3 is 6.18 Å². The monoisotopic (exact) mass is 348 g/mol. The summed E-state index contributed by atoms with van der Waals surface area (Å²) in [5.41, 5.74) is -0.662. The molecule has 25 heavy (non-hydrogen) atoms. The van der Waals surface area contributed by atoms with Crippen LogP contribution in [0.5, 0.6) is 5.75 Å². The van der Waals surface area contributed by atoms with E-state index in [0.29, 0.717) is 0 Å². The average Bonchev–Trinajstić information content (AvgIpc) is 3.01. The highest BCUT2D eigenvalue weighted by Gasteiger charge is 2.36. The van der Waals surface area contributed by atoms with E-state index in [2.05, 4.69) is 20.3 Å². The minimum absolute atomic E-state index is 0.0182. The van der Waals surface area contributed by atoms with Crippen molar-refractivity contribution in [3.8, 4) is 11.4 Å². The molecular weight excluding hydrogens is 341 g/mol. The van der Waals surface area contributed by atoms with Crippen molar-refractivity contribution in [2.45, 2.75) is 6.18 Å². The molecule has 0 aliphatic heterocycles. The highest BCUT2D eigenvalue weighted by Crippen LogP contribution is 2.26. The lowest BCUT2D eigenvalue weighted by Gasteiger charge is -2.08. The number of phenols is 1. The predicted octanol–water partition coefficient (Wildman–Crippen LogP) is 1.55. The molecule has 126 valence electrons. The summed E-state index contributed by atoms with van der Waals surface area (Å²) in [4.78, 5) is 15.9. The lowest BCUT2D eigenvalue weighted by atomic mass is 10.2. The molecule has 3 aromatic heterocycles. The molecule has 0 saturated heterocycles. The van der Waals surface area contributed by atoms with E-state index in [0.717, 1.165) is 9.08 Å². The fourth-order valence-electron chi connectivity index (χ4n) is 2.38. The number of nitrogens with zero attached hydrogens (tertiary/aromatic N) is 6. The number of hydrogen-bond acceptors (Lipinski definition) is 6. The molecule has 8 nitrogen and oxygen atoms in total. The Morgan fingerprint density at radius 2 is 1.84 bits per heavy atom. The summed E-state index contributed by atoms with van der Waals surface area (Å²) >= 11 is 0. The zero-order chi connectivity index (χ0) is 17.8. The molecule has 0 bridgehead atoms. The molecule has 0 aliphatic rings. The number of fused-ring (bicyclic) bond motifs is 3. The zero-order valence-corrected chi connectivity index (χ0v) is 12.1. The molecule has 0 spiro atoms. The maximum atomic E-state index is 12.8. The Kier molecular flexibility index (Phi) is 3.01. The molecule has 0 fully saturated rings.